The minimum atomic E-state index is -0.837. The molecule has 0 radical (unpaired) electrons. The Labute approximate surface area is 133 Å². The average molecular weight is 392 g/mol. The van der Waals surface area contributed by atoms with Crippen molar-refractivity contribution in [3.8, 4) is 5.75 Å². The maximum atomic E-state index is 12.5. The van der Waals surface area contributed by atoms with Crippen molar-refractivity contribution < 1.29 is 14.3 Å². The van der Waals surface area contributed by atoms with Crippen molar-refractivity contribution in [2.75, 3.05) is 0 Å². The maximum Gasteiger partial charge on any atom is 0.351 e. The van der Waals surface area contributed by atoms with E-state index < -0.39 is 11.4 Å². The van der Waals surface area contributed by atoms with E-state index >= 15 is 0 Å². The Kier molecular flexibility index (Phi) is 3.50. The molecule has 0 spiro atoms. The highest BCUT2D eigenvalue weighted by molar-refractivity contribution is 14.1. The van der Waals surface area contributed by atoms with E-state index in [9.17, 15) is 14.7 Å². The summed E-state index contributed by atoms with van der Waals surface area (Å²) in [7, 11) is 0. The van der Waals surface area contributed by atoms with Crippen LogP contribution in [-0.2, 0) is 0 Å². The van der Waals surface area contributed by atoms with E-state index in [4.69, 9.17) is 4.42 Å². The number of carbonyl (C=O) groups is 1. The van der Waals surface area contributed by atoms with Crippen LogP contribution in [0.4, 0.5) is 0 Å². The Balaban J connectivity index is 2.28. The van der Waals surface area contributed by atoms with Crippen LogP contribution in [0.15, 0.2) is 57.7 Å². The highest BCUT2D eigenvalue weighted by atomic mass is 127. The van der Waals surface area contributed by atoms with Crippen LogP contribution < -0.4 is 5.63 Å². The summed E-state index contributed by atoms with van der Waals surface area (Å²) in [5.41, 5.74) is -0.566. The summed E-state index contributed by atoms with van der Waals surface area (Å²) in [6, 6.07) is 13.4. The summed E-state index contributed by atoms with van der Waals surface area (Å²) >= 11 is 2.01. The van der Waals surface area contributed by atoms with Gasteiger partial charge in [0.05, 0.1) is 5.39 Å². The van der Waals surface area contributed by atoms with Crippen LogP contribution in [0.25, 0.3) is 11.0 Å². The summed E-state index contributed by atoms with van der Waals surface area (Å²) in [6.45, 7) is 0. The maximum absolute atomic E-state index is 12.5. The molecule has 3 rings (SSSR count). The molecule has 21 heavy (non-hydrogen) atoms. The normalized spacial score (nSPS) is 10.7. The zero-order valence-electron chi connectivity index (χ0n) is 10.7. The molecule has 0 aliphatic carbocycles. The van der Waals surface area contributed by atoms with Gasteiger partial charge in [-0.25, -0.2) is 4.79 Å². The van der Waals surface area contributed by atoms with E-state index in [-0.39, 0.29) is 16.9 Å². The molecule has 3 aromatic rings. The van der Waals surface area contributed by atoms with Gasteiger partial charge in [0.1, 0.15) is 11.3 Å². The number of ketones is 1. The standard InChI is InChI=1S/C16H9IO4/c17-11-7-3-1-5-9(11)14(18)13-15(19)10-6-2-4-8-12(10)21-16(13)20/h1-8,19H. The number of rotatable bonds is 2. The van der Waals surface area contributed by atoms with Crippen molar-refractivity contribution in [2.45, 2.75) is 0 Å². The second-order valence-electron chi connectivity index (χ2n) is 4.42. The zero-order chi connectivity index (χ0) is 15.0. The van der Waals surface area contributed by atoms with Gasteiger partial charge in [-0.1, -0.05) is 24.3 Å². The Morgan fingerprint density at radius 2 is 1.71 bits per heavy atom. The molecule has 2 aromatic carbocycles. The first kappa shape index (κ1) is 13.8. The van der Waals surface area contributed by atoms with Gasteiger partial charge in [0.25, 0.3) is 0 Å². The Bertz CT molecular complexity index is 912. The van der Waals surface area contributed by atoms with Crippen LogP contribution in [0, 0.1) is 3.57 Å². The minimum Gasteiger partial charge on any atom is -0.506 e. The van der Waals surface area contributed by atoms with Crippen molar-refractivity contribution in [2.24, 2.45) is 0 Å². The molecule has 0 bridgehead atoms. The van der Waals surface area contributed by atoms with Gasteiger partial charge in [-0.05, 0) is 46.9 Å². The number of fused-ring (bicyclic) bond motifs is 1. The predicted molar refractivity (Wildman–Crippen MR) is 86.7 cm³/mol. The molecule has 4 nitrogen and oxygen atoms in total. The van der Waals surface area contributed by atoms with Gasteiger partial charge in [-0.3, -0.25) is 4.79 Å². The first-order chi connectivity index (χ1) is 10.1. The van der Waals surface area contributed by atoms with Gasteiger partial charge in [0.15, 0.2) is 5.56 Å². The van der Waals surface area contributed by atoms with Gasteiger partial charge < -0.3 is 9.52 Å². The van der Waals surface area contributed by atoms with Crippen LogP contribution in [-0.4, -0.2) is 10.9 Å². The summed E-state index contributed by atoms with van der Waals surface area (Å²) in [4.78, 5) is 24.6. The smallest absolute Gasteiger partial charge is 0.351 e. The highest BCUT2D eigenvalue weighted by Crippen LogP contribution is 2.28. The lowest BCUT2D eigenvalue weighted by atomic mass is 10.0. The van der Waals surface area contributed by atoms with Gasteiger partial charge in [-0.2, -0.15) is 0 Å². The quantitative estimate of drug-likeness (QED) is 0.413. The molecule has 0 fully saturated rings. The van der Waals surface area contributed by atoms with Gasteiger partial charge >= 0.3 is 5.63 Å². The average Bonchev–Trinajstić information content (AvgIpc) is 2.47. The second kappa shape index (κ2) is 5.33. The molecule has 0 atom stereocenters. The Hall–Kier alpha value is -2.15. The number of benzene rings is 2. The molecular weight excluding hydrogens is 383 g/mol. The number of hydrogen-bond donors (Lipinski definition) is 1. The summed E-state index contributed by atoms with van der Waals surface area (Å²) < 4.78 is 5.82. The van der Waals surface area contributed by atoms with Crippen LogP contribution in [0.1, 0.15) is 15.9 Å². The third kappa shape index (κ3) is 2.33. The molecule has 0 aliphatic rings. The summed E-state index contributed by atoms with van der Waals surface area (Å²) in [5.74, 6) is -0.886. The minimum absolute atomic E-state index is 0.249. The molecule has 5 heteroatoms. The molecule has 1 aromatic heterocycles. The highest BCUT2D eigenvalue weighted by Gasteiger charge is 2.23. The van der Waals surface area contributed by atoms with Gasteiger partial charge in [0.2, 0.25) is 5.78 Å². The number of aromatic hydroxyl groups is 1. The molecule has 0 aliphatic heterocycles. The fourth-order valence-electron chi connectivity index (χ4n) is 2.11. The lowest BCUT2D eigenvalue weighted by Gasteiger charge is -2.06. The Morgan fingerprint density at radius 3 is 2.48 bits per heavy atom. The molecule has 1 N–H and O–H groups in total. The van der Waals surface area contributed by atoms with E-state index in [2.05, 4.69) is 0 Å². The lowest BCUT2D eigenvalue weighted by molar-refractivity contribution is 0.103. The van der Waals surface area contributed by atoms with Gasteiger partial charge in [0, 0.05) is 9.13 Å². The van der Waals surface area contributed by atoms with E-state index in [1.807, 2.05) is 22.6 Å². The fourth-order valence-corrected chi connectivity index (χ4v) is 2.75. The fraction of sp³-hybridized carbons (Fsp3) is 0. The molecule has 0 saturated heterocycles. The van der Waals surface area contributed by atoms with E-state index in [1.54, 1.807) is 48.5 Å². The number of para-hydroxylation sites is 1. The molecule has 104 valence electrons. The van der Waals surface area contributed by atoms with Crippen molar-refractivity contribution in [3.63, 3.8) is 0 Å². The largest absolute Gasteiger partial charge is 0.506 e. The van der Waals surface area contributed by atoms with E-state index in [0.29, 0.717) is 14.5 Å². The zero-order valence-corrected chi connectivity index (χ0v) is 12.8. The van der Waals surface area contributed by atoms with E-state index in [1.165, 1.54) is 0 Å². The van der Waals surface area contributed by atoms with Crippen molar-refractivity contribution in [1.82, 2.24) is 0 Å². The number of halogens is 1. The monoisotopic (exact) mass is 392 g/mol. The van der Waals surface area contributed by atoms with Crippen molar-refractivity contribution >= 4 is 39.3 Å². The lowest BCUT2D eigenvalue weighted by Crippen LogP contribution is -2.16. The number of carbonyl (C=O) groups excluding carboxylic acids is 1. The van der Waals surface area contributed by atoms with E-state index in [0.717, 1.165) is 0 Å². The molecule has 0 saturated carbocycles. The van der Waals surface area contributed by atoms with Crippen LogP contribution in [0.3, 0.4) is 0 Å². The predicted octanol–water partition coefficient (Wildman–Crippen LogP) is 3.33. The Morgan fingerprint density at radius 1 is 1.05 bits per heavy atom. The van der Waals surface area contributed by atoms with Crippen LogP contribution in [0.2, 0.25) is 0 Å². The third-order valence-electron chi connectivity index (χ3n) is 3.13. The van der Waals surface area contributed by atoms with Gasteiger partial charge in [-0.15, -0.1) is 0 Å². The van der Waals surface area contributed by atoms with Crippen molar-refractivity contribution in [1.29, 1.82) is 0 Å². The molecular formula is C16H9IO4. The molecule has 1 heterocycles. The molecule has 0 unspecified atom stereocenters. The van der Waals surface area contributed by atoms with Crippen LogP contribution in [0.5, 0.6) is 5.75 Å². The second-order valence-corrected chi connectivity index (χ2v) is 5.58. The van der Waals surface area contributed by atoms with Crippen molar-refractivity contribution in [3.05, 3.63) is 73.6 Å². The molecule has 0 amide bonds. The summed E-state index contributed by atoms with van der Waals surface area (Å²) in [5, 5.41) is 10.6. The first-order valence-electron chi connectivity index (χ1n) is 6.13. The topological polar surface area (TPSA) is 67.5 Å². The van der Waals surface area contributed by atoms with Crippen LogP contribution >= 0.6 is 22.6 Å². The SMILES string of the molecule is O=C(c1ccccc1I)c1c(O)c2ccccc2oc1=O. The first-order valence-corrected chi connectivity index (χ1v) is 7.21. The summed E-state index contributed by atoms with van der Waals surface area (Å²) in [6.07, 6.45) is 0. The third-order valence-corrected chi connectivity index (χ3v) is 4.07. The number of hydrogen-bond acceptors (Lipinski definition) is 4.